The van der Waals surface area contributed by atoms with Crippen molar-refractivity contribution in [2.45, 2.75) is 25.0 Å². The van der Waals surface area contributed by atoms with Crippen molar-refractivity contribution in [2.24, 2.45) is 7.05 Å². The second kappa shape index (κ2) is 9.11. The van der Waals surface area contributed by atoms with Crippen molar-refractivity contribution in [3.05, 3.63) is 45.8 Å². The van der Waals surface area contributed by atoms with Gasteiger partial charge >= 0.3 is 0 Å². The third-order valence-electron chi connectivity index (χ3n) is 6.15. The molecule has 34 heavy (non-hydrogen) atoms. The standard InChI is InChI=1S/C23H25ClN6O4/c1-25-20(31)12-33-19-8-13-7-14(3-6-18(13)29(2)22(19)32)27-21-17(24)9-26-23(28-21)30-10-15-4-5-16(11-30)34-15/h3,6-9,15-16H,4-5,10-12H2,1-2H3,(H,25,31)(H,26,27,28)/t15-,16+. The highest BCUT2D eigenvalue weighted by molar-refractivity contribution is 6.32. The molecule has 5 rings (SSSR count). The molecule has 10 nitrogen and oxygen atoms in total. The predicted molar refractivity (Wildman–Crippen MR) is 129 cm³/mol. The van der Waals surface area contributed by atoms with Crippen LogP contribution in [-0.2, 0) is 16.6 Å². The first-order chi connectivity index (χ1) is 16.4. The number of pyridine rings is 1. The highest BCUT2D eigenvalue weighted by Gasteiger charge is 2.34. The number of amides is 1. The van der Waals surface area contributed by atoms with E-state index in [0.29, 0.717) is 16.8 Å². The molecule has 0 radical (unpaired) electrons. The molecule has 2 fully saturated rings. The Hall–Kier alpha value is -3.37. The lowest BCUT2D eigenvalue weighted by Crippen LogP contribution is -2.43. The van der Waals surface area contributed by atoms with Gasteiger partial charge in [0.25, 0.3) is 11.5 Å². The van der Waals surface area contributed by atoms with Gasteiger partial charge in [-0.25, -0.2) is 4.98 Å². The minimum Gasteiger partial charge on any atom is -0.478 e. The molecule has 178 valence electrons. The van der Waals surface area contributed by atoms with Crippen molar-refractivity contribution in [2.75, 3.05) is 37.0 Å². The monoisotopic (exact) mass is 484 g/mol. The van der Waals surface area contributed by atoms with Crippen LogP contribution in [0.4, 0.5) is 17.5 Å². The van der Waals surface area contributed by atoms with Gasteiger partial charge in [0.2, 0.25) is 5.95 Å². The maximum absolute atomic E-state index is 12.6. The van der Waals surface area contributed by atoms with Gasteiger partial charge in [0, 0.05) is 38.3 Å². The molecule has 2 N–H and O–H groups in total. The second-order valence-corrected chi connectivity index (χ2v) is 8.87. The molecule has 3 aromatic rings. The van der Waals surface area contributed by atoms with E-state index in [1.807, 2.05) is 18.2 Å². The summed E-state index contributed by atoms with van der Waals surface area (Å²) in [5.41, 5.74) is 1.14. The summed E-state index contributed by atoms with van der Waals surface area (Å²) < 4.78 is 12.8. The fraction of sp³-hybridized carbons (Fsp3) is 0.391. The van der Waals surface area contributed by atoms with Crippen LogP contribution in [0.1, 0.15) is 12.8 Å². The van der Waals surface area contributed by atoms with E-state index in [-0.39, 0.29) is 36.0 Å². The van der Waals surface area contributed by atoms with Gasteiger partial charge in [0.15, 0.2) is 18.2 Å². The normalized spacial score (nSPS) is 19.3. The van der Waals surface area contributed by atoms with Gasteiger partial charge in [-0.2, -0.15) is 4.98 Å². The van der Waals surface area contributed by atoms with E-state index in [1.54, 1.807) is 19.3 Å². The van der Waals surface area contributed by atoms with Crippen LogP contribution < -0.4 is 25.8 Å². The number of aryl methyl sites for hydroxylation is 1. The molecular formula is C23H25ClN6O4. The zero-order chi connectivity index (χ0) is 23.8. The number of hydrogen-bond acceptors (Lipinski definition) is 8. The summed E-state index contributed by atoms with van der Waals surface area (Å²) >= 11 is 6.39. The quantitative estimate of drug-likeness (QED) is 0.548. The number of carbonyl (C=O) groups is 1. The third kappa shape index (κ3) is 4.38. The molecule has 2 saturated heterocycles. The Morgan fingerprint density at radius 1 is 1.26 bits per heavy atom. The second-order valence-electron chi connectivity index (χ2n) is 8.46. The van der Waals surface area contributed by atoms with Crippen molar-refractivity contribution in [3.63, 3.8) is 0 Å². The number of benzene rings is 1. The molecule has 2 aliphatic rings. The Kier molecular flexibility index (Phi) is 6.01. The Labute approximate surface area is 200 Å². The minimum atomic E-state index is -0.319. The van der Waals surface area contributed by atoms with Crippen molar-refractivity contribution < 1.29 is 14.3 Å². The third-order valence-corrected chi connectivity index (χ3v) is 6.43. The van der Waals surface area contributed by atoms with Gasteiger partial charge < -0.3 is 29.6 Å². The zero-order valence-electron chi connectivity index (χ0n) is 18.9. The molecular weight excluding hydrogens is 460 g/mol. The van der Waals surface area contributed by atoms with Crippen LogP contribution in [0, 0.1) is 0 Å². The number of nitrogens with one attached hydrogen (secondary N) is 2. The van der Waals surface area contributed by atoms with Gasteiger partial charge in [-0.3, -0.25) is 9.59 Å². The van der Waals surface area contributed by atoms with Crippen LogP contribution in [0.25, 0.3) is 10.9 Å². The van der Waals surface area contributed by atoms with E-state index < -0.39 is 0 Å². The molecule has 2 bridgehead atoms. The molecule has 0 spiro atoms. The Morgan fingerprint density at radius 2 is 2.03 bits per heavy atom. The Balaban J connectivity index is 1.41. The highest BCUT2D eigenvalue weighted by Crippen LogP contribution is 2.31. The maximum atomic E-state index is 12.6. The molecule has 2 aromatic heterocycles. The summed E-state index contributed by atoms with van der Waals surface area (Å²) in [6, 6.07) is 7.17. The average Bonchev–Trinajstić information content (AvgIpc) is 3.18. The first kappa shape index (κ1) is 22.4. The van der Waals surface area contributed by atoms with Crippen LogP contribution in [0.2, 0.25) is 5.02 Å². The van der Waals surface area contributed by atoms with Gasteiger partial charge in [-0.15, -0.1) is 0 Å². The van der Waals surface area contributed by atoms with Crippen molar-refractivity contribution in [1.82, 2.24) is 19.9 Å². The lowest BCUT2D eigenvalue weighted by atomic mass is 10.2. The van der Waals surface area contributed by atoms with Gasteiger partial charge in [-0.05, 0) is 37.1 Å². The van der Waals surface area contributed by atoms with Crippen molar-refractivity contribution in [3.8, 4) is 5.75 Å². The topological polar surface area (TPSA) is 111 Å². The molecule has 0 unspecified atom stereocenters. The number of ether oxygens (including phenoxy) is 2. The van der Waals surface area contributed by atoms with Crippen LogP contribution in [-0.4, -0.2) is 59.4 Å². The highest BCUT2D eigenvalue weighted by atomic mass is 35.5. The number of halogens is 1. The number of hydrogen-bond donors (Lipinski definition) is 2. The molecule has 2 aliphatic heterocycles. The van der Waals surface area contributed by atoms with E-state index >= 15 is 0 Å². The number of carbonyl (C=O) groups excluding carboxylic acids is 1. The number of morpholine rings is 1. The molecule has 1 aromatic carbocycles. The lowest BCUT2D eigenvalue weighted by molar-refractivity contribution is -0.122. The molecule has 0 aliphatic carbocycles. The predicted octanol–water partition coefficient (Wildman–Crippen LogP) is 2.22. The summed E-state index contributed by atoms with van der Waals surface area (Å²) in [7, 11) is 3.17. The van der Waals surface area contributed by atoms with Gasteiger partial charge in [0.1, 0.15) is 5.02 Å². The molecule has 4 heterocycles. The van der Waals surface area contributed by atoms with Gasteiger partial charge in [-0.1, -0.05) is 11.6 Å². The fourth-order valence-electron chi connectivity index (χ4n) is 4.36. The van der Waals surface area contributed by atoms with Crippen LogP contribution in [0.15, 0.2) is 35.3 Å². The fourth-order valence-corrected chi connectivity index (χ4v) is 4.50. The van der Waals surface area contributed by atoms with E-state index in [2.05, 4.69) is 25.5 Å². The summed E-state index contributed by atoms with van der Waals surface area (Å²) in [6.45, 7) is 1.29. The van der Waals surface area contributed by atoms with E-state index in [4.69, 9.17) is 21.1 Å². The minimum absolute atomic E-state index is 0.0973. The molecule has 1 amide bonds. The summed E-state index contributed by atoms with van der Waals surface area (Å²) in [5.74, 6) is 0.881. The summed E-state index contributed by atoms with van der Waals surface area (Å²) in [4.78, 5) is 35.3. The number of anilines is 3. The SMILES string of the molecule is CNC(=O)COc1cc2cc(Nc3nc(N4C[C@H]5CC[C@@H](C4)O5)ncc3Cl)ccc2n(C)c1=O. The number of nitrogens with zero attached hydrogens (tertiary/aromatic N) is 4. The van der Waals surface area contributed by atoms with Crippen molar-refractivity contribution in [1.29, 1.82) is 0 Å². The number of aromatic nitrogens is 3. The Morgan fingerprint density at radius 3 is 2.76 bits per heavy atom. The van der Waals surface area contributed by atoms with Crippen LogP contribution in [0.5, 0.6) is 5.75 Å². The van der Waals surface area contributed by atoms with Crippen molar-refractivity contribution >= 4 is 45.9 Å². The van der Waals surface area contributed by atoms with E-state index in [0.717, 1.165) is 42.5 Å². The molecule has 0 saturated carbocycles. The first-order valence-corrected chi connectivity index (χ1v) is 11.5. The number of rotatable bonds is 6. The lowest BCUT2D eigenvalue weighted by Gasteiger charge is -2.32. The maximum Gasteiger partial charge on any atom is 0.293 e. The summed E-state index contributed by atoms with van der Waals surface area (Å²) in [6.07, 6.45) is 4.17. The largest absolute Gasteiger partial charge is 0.478 e. The number of likely N-dealkylation sites (N-methyl/N-ethyl adjacent to an activating group) is 1. The van der Waals surface area contributed by atoms with Gasteiger partial charge in [0.05, 0.1) is 23.9 Å². The van der Waals surface area contributed by atoms with E-state index in [1.165, 1.54) is 11.6 Å². The molecule has 11 heteroatoms. The van der Waals surface area contributed by atoms with E-state index in [9.17, 15) is 9.59 Å². The number of fused-ring (bicyclic) bond motifs is 3. The average molecular weight is 485 g/mol. The van der Waals surface area contributed by atoms with Crippen LogP contribution in [0.3, 0.4) is 0 Å². The molecule has 2 atom stereocenters. The first-order valence-electron chi connectivity index (χ1n) is 11.1. The Bertz CT molecular complexity index is 1300. The zero-order valence-corrected chi connectivity index (χ0v) is 19.6. The van der Waals surface area contributed by atoms with Crippen LogP contribution >= 0.6 is 11.6 Å². The summed E-state index contributed by atoms with van der Waals surface area (Å²) in [5, 5.41) is 6.89. The smallest absolute Gasteiger partial charge is 0.293 e.